The first-order valence-electron chi connectivity index (χ1n) is 13.2. The van der Waals surface area contributed by atoms with Crippen LogP contribution in [0.2, 0.25) is 10.0 Å². The number of likely N-dealkylation sites (N-methyl/N-ethyl adjacent to an activating group) is 1. The van der Waals surface area contributed by atoms with Crippen molar-refractivity contribution in [3.63, 3.8) is 0 Å². The fourth-order valence-corrected chi connectivity index (χ4v) is 6.53. The number of anilines is 1. The van der Waals surface area contributed by atoms with E-state index in [1.807, 2.05) is 30.3 Å². The van der Waals surface area contributed by atoms with Crippen LogP contribution in [0.3, 0.4) is 0 Å². The quantitative estimate of drug-likeness (QED) is 0.226. The number of rotatable bonds is 11. The standard InChI is InChI=1S/C32H31Cl2N3O4S/c1-23-28(34)17-10-18-29(23)37(42(40,41)27-15-7-4-8-16-27)22-31(38)36(21-25-13-9-14-26(33)19-25)30(32(39)35-2)20-24-11-5-3-6-12-24/h3-19,30H,20-22H2,1-2H3,(H,35,39). The van der Waals surface area contributed by atoms with E-state index in [1.54, 1.807) is 67.6 Å². The van der Waals surface area contributed by atoms with Gasteiger partial charge in [0.15, 0.2) is 0 Å². The zero-order chi connectivity index (χ0) is 30.3. The molecule has 0 spiro atoms. The predicted molar refractivity (Wildman–Crippen MR) is 167 cm³/mol. The van der Waals surface area contributed by atoms with Crippen LogP contribution >= 0.6 is 23.2 Å². The van der Waals surface area contributed by atoms with Crippen molar-refractivity contribution in [1.82, 2.24) is 10.2 Å². The highest BCUT2D eigenvalue weighted by molar-refractivity contribution is 7.92. The molecule has 0 fully saturated rings. The number of amides is 2. The van der Waals surface area contributed by atoms with Crippen molar-refractivity contribution >= 4 is 50.7 Å². The molecule has 0 aliphatic rings. The minimum atomic E-state index is -4.21. The van der Waals surface area contributed by atoms with E-state index < -0.39 is 28.5 Å². The molecule has 1 N–H and O–H groups in total. The Morgan fingerprint density at radius 2 is 1.45 bits per heavy atom. The van der Waals surface area contributed by atoms with E-state index in [2.05, 4.69) is 5.32 Å². The van der Waals surface area contributed by atoms with Gasteiger partial charge in [0.1, 0.15) is 12.6 Å². The number of carbonyl (C=O) groups is 2. The maximum Gasteiger partial charge on any atom is 0.264 e. The summed E-state index contributed by atoms with van der Waals surface area (Å²) in [6.45, 7) is 1.15. The molecule has 10 heteroatoms. The Morgan fingerprint density at radius 1 is 0.833 bits per heavy atom. The molecule has 7 nitrogen and oxygen atoms in total. The Kier molecular flexibility index (Phi) is 10.3. The third-order valence-corrected chi connectivity index (χ3v) is 9.30. The Balaban J connectivity index is 1.81. The van der Waals surface area contributed by atoms with Crippen molar-refractivity contribution in [2.45, 2.75) is 30.8 Å². The number of nitrogens with one attached hydrogen (secondary N) is 1. The third kappa shape index (κ3) is 7.31. The van der Waals surface area contributed by atoms with Crippen molar-refractivity contribution in [1.29, 1.82) is 0 Å². The van der Waals surface area contributed by atoms with Crippen LogP contribution in [0.1, 0.15) is 16.7 Å². The Labute approximate surface area is 256 Å². The number of nitrogens with zero attached hydrogens (tertiary/aromatic N) is 2. The van der Waals surface area contributed by atoms with Crippen LogP contribution in [0.15, 0.2) is 108 Å². The van der Waals surface area contributed by atoms with Gasteiger partial charge in [0.2, 0.25) is 11.8 Å². The highest BCUT2D eigenvalue weighted by Gasteiger charge is 2.35. The Morgan fingerprint density at radius 3 is 2.10 bits per heavy atom. The highest BCUT2D eigenvalue weighted by Crippen LogP contribution is 2.31. The number of benzene rings is 4. The fraction of sp³-hybridized carbons (Fsp3) is 0.188. The van der Waals surface area contributed by atoms with Crippen molar-refractivity contribution in [2.24, 2.45) is 0 Å². The van der Waals surface area contributed by atoms with Crippen LogP contribution in [0.4, 0.5) is 5.69 Å². The zero-order valence-electron chi connectivity index (χ0n) is 23.2. The second-order valence-corrected chi connectivity index (χ2v) is 12.4. The van der Waals surface area contributed by atoms with Gasteiger partial charge in [-0.15, -0.1) is 0 Å². The molecule has 4 aromatic rings. The number of hydrogen-bond donors (Lipinski definition) is 1. The summed E-state index contributed by atoms with van der Waals surface area (Å²) in [5.41, 5.74) is 2.30. The van der Waals surface area contributed by atoms with Crippen molar-refractivity contribution in [2.75, 3.05) is 17.9 Å². The van der Waals surface area contributed by atoms with Crippen LogP contribution < -0.4 is 9.62 Å². The average molecular weight is 625 g/mol. The van der Waals surface area contributed by atoms with Crippen LogP contribution in [0.5, 0.6) is 0 Å². The van der Waals surface area contributed by atoms with Gasteiger partial charge < -0.3 is 10.2 Å². The summed E-state index contributed by atoms with van der Waals surface area (Å²) in [6.07, 6.45) is 0.217. The smallest absolute Gasteiger partial charge is 0.264 e. The summed E-state index contributed by atoms with van der Waals surface area (Å²) >= 11 is 12.6. The molecule has 4 aromatic carbocycles. The minimum Gasteiger partial charge on any atom is -0.357 e. The lowest BCUT2D eigenvalue weighted by Crippen LogP contribution is -2.53. The first kappa shape index (κ1) is 31.1. The van der Waals surface area contributed by atoms with E-state index in [0.717, 1.165) is 9.87 Å². The lowest BCUT2D eigenvalue weighted by atomic mass is 10.0. The lowest BCUT2D eigenvalue weighted by Gasteiger charge is -2.34. The highest BCUT2D eigenvalue weighted by atomic mass is 35.5. The largest absolute Gasteiger partial charge is 0.357 e. The first-order valence-corrected chi connectivity index (χ1v) is 15.4. The van der Waals surface area contributed by atoms with Gasteiger partial charge in [-0.1, -0.05) is 89.9 Å². The zero-order valence-corrected chi connectivity index (χ0v) is 25.5. The molecular formula is C32H31Cl2N3O4S. The van der Waals surface area contributed by atoms with E-state index in [4.69, 9.17) is 23.2 Å². The van der Waals surface area contributed by atoms with Crippen molar-refractivity contribution in [3.8, 4) is 0 Å². The van der Waals surface area contributed by atoms with E-state index in [9.17, 15) is 18.0 Å². The average Bonchev–Trinajstić information content (AvgIpc) is 2.99. The second-order valence-electron chi connectivity index (χ2n) is 9.68. The van der Waals surface area contributed by atoms with Crippen molar-refractivity contribution < 1.29 is 18.0 Å². The van der Waals surface area contributed by atoms with E-state index in [0.29, 0.717) is 21.2 Å². The monoisotopic (exact) mass is 623 g/mol. The van der Waals surface area contributed by atoms with Crippen LogP contribution in [-0.2, 0) is 32.6 Å². The van der Waals surface area contributed by atoms with Crippen molar-refractivity contribution in [3.05, 3.63) is 130 Å². The maximum atomic E-state index is 14.3. The van der Waals surface area contributed by atoms with Gasteiger partial charge in [0.05, 0.1) is 10.6 Å². The van der Waals surface area contributed by atoms with Crippen LogP contribution in [0, 0.1) is 6.92 Å². The number of carbonyl (C=O) groups excluding carboxylic acids is 2. The molecule has 1 atom stereocenters. The SMILES string of the molecule is CNC(=O)C(Cc1ccccc1)N(Cc1cccc(Cl)c1)C(=O)CN(c1cccc(Cl)c1C)S(=O)(=O)c1ccccc1. The molecule has 218 valence electrons. The molecule has 0 aliphatic carbocycles. The van der Waals surface area contributed by atoms with E-state index in [1.165, 1.54) is 24.1 Å². The van der Waals surface area contributed by atoms with Gasteiger partial charge in [-0.3, -0.25) is 13.9 Å². The van der Waals surface area contributed by atoms with Crippen LogP contribution in [0.25, 0.3) is 0 Å². The van der Waals surface area contributed by atoms with Gasteiger partial charge in [0.25, 0.3) is 10.0 Å². The fourth-order valence-electron chi connectivity index (χ4n) is 4.65. The Bertz CT molecular complexity index is 1650. The summed E-state index contributed by atoms with van der Waals surface area (Å²) in [4.78, 5) is 29.1. The molecule has 0 aromatic heterocycles. The third-order valence-electron chi connectivity index (χ3n) is 6.88. The molecule has 4 rings (SSSR count). The molecule has 0 saturated heterocycles. The van der Waals surface area contributed by atoms with Gasteiger partial charge in [-0.25, -0.2) is 8.42 Å². The predicted octanol–water partition coefficient (Wildman–Crippen LogP) is 5.88. The summed E-state index contributed by atoms with van der Waals surface area (Å²) in [6, 6.07) is 28.2. The van der Waals surface area contributed by atoms with Gasteiger partial charge in [-0.05, 0) is 60.0 Å². The van der Waals surface area contributed by atoms with E-state index >= 15 is 0 Å². The molecular weight excluding hydrogens is 593 g/mol. The number of hydrogen-bond acceptors (Lipinski definition) is 4. The molecule has 0 saturated carbocycles. The second kappa shape index (κ2) is 13.9. The summed E-state index contributed by atoms with van der Waals surface area (Å²) in [7, 11) is -2.70. The molecule has 0 aliphatic heterocycles. The summed E-state index contributed by atoms with van der Waals surface area (Å²) in [5.74, 6) is -0.955. The summed E-state index contributed by atoms with van der Waals surface area (Å²) < 4.78 is 29.1. The normalized spacial score (nSPS) is 11.9. The molecule has 0 heterocycles. The van der Waals surface area contributed by atoms with Gasteiger partial charge in [0, 0.05) is 30.1 Å². The molecule has 2 amide bonds. The van der Waals surface area contributed by atoms with E-state index in [-0.39, 0.29) is 29.5 Å². The first-order chi connectivity index (χ1) is 20.1. The molecule has 42 heavy (non-hydrogen) atoms. The lowest BCUT2D eigenvalue weighted by molar-refractivity contribution is -0.139. The topological polar surface area (TPSA) is 86.8 Å². The molecule has 0 bridgehead atoms. The molecule has 0 radical (unpaired) electrons. The van der Waals surface area contributed by atoms with Crippen LogP contribution in [-0.4, -0.2) is 44.8 Å². The number of halogens is 2. The maximum absolute atomic E-state index is 14.3. The van der Waals surface area contributed by atoms with Gasteiger partial charge in [-0.2, -0.15) is 0 Å². The number of sulfonamides is 1. The van der Waals surface area contributed by atoms with Gasteiger partial charge >= 0.3 is 0 Å². The molecule has 1 unspecified atom stereocenters. The Hall–Kier alpha value is -3.85. The summed E-state index contributed by atoms with van der Waals surface area (Å²) in [5, 5.41) is 3.50. The minimum absolute atomic E-state index is 0.0192.